The molecule has 0 aliphatic carbocycles. The van der Waals surface area contributed by atoms with Gasteiger partial charge >= 0.3 is 0 Å². The van der Waals surface area contributed by atoms with E-state index >= 15 is 0 Å². The average molecular weight is 395 g/mol. The molecule has 0 spiro atoms. The first-order valence-electron chi connectivity index (χ1n) is 8.48. The number of carbonyl (C=O) groups is 1. The maximum atomic E-state index is 12.0. The SMILES string of the molecule is Cn1c(SCC(=O)NCCc2ccccc2)nnc1[C@H]1CCS(=O)(=O)C1. The molecular weight excluding hydrogens is 372 g/mol. The standard InChI is InChI=1S/C17H22N4O3S2/c1-21-16(14-8-10-26(23,24)12-14)19-20-17(21)25-11-15(22)18-9-7-13-5-3-2-4-6-13/h2-6,14H,7-12H2,1H3,(H,18,22)/t14-/m0/s1. The number of sulfone groups is 1. The van der Waals surface area contributed by atoms with Crippen molar-refractivity contribution in [1.82, 2.24) is 20.1 Å². The Morgan fingerprint density at radius 3 is 2.77 bits per heavy atom. The Labute approximate surface area is 157 Å². The molecule has 140 valence electrons. The van der Waals surface area contributed by atoms with Gasteiger partial charge in [0, 0.05) is 19.5 Å². The molecular formula is C17H22N4O3S2. The third kappa shape index (κ3) is 4.85. The molecule has 1 aromatic heterocycles. The topological polar surface area (TPSA) is 93.9 Å². The van der Waals surface area contributed by atoms with Crippen LogP contribution < -0.4 is 5.32 Å². The van der Waals surface area contributed by atoms with Crippen LogP contribution in [0.2, 0.25) is 0 Å². The van der Waals surface area contributed by atoms with Gasteiger partial charge < -0.3 is 9.88 Å². The van der Waals surface area contributed by atoms with Gasteiger partial charge in [-0.15, -0.1) is 10.2 Å². The zero-order valence-corrected chi connectivity index (χ0v) is 16.2. The van der Waals surface area contributed by atoms with E-state index in [1.54, 1.807) is 4.57 Å². The van der Waals surface area contributed by atoms with Crippen LogP contribution in [0.5, 0.6) is 0 Å². The summed E-state index contributed by atoms with van der Waals surface area (Å²) in [5.74, 6) is 1.10. The van der Waals surface area contributed by atoms with E-state index in [9.17, 15) is 13.2 Å². The number of hydrogen-bond donors (Lipinski definition) is 1. The van der Waals surface area contributed by atoms with Crippen molar-refractivity contribution >= 4 is 27.5 Å². The minimum Gasteiger partial charge on any atom is -0.355 e. The van der Waals surface area contributed by atoms with Crippen molar-refractivity contribution in [2.24, 2.45) is 7.05 Å². The Balaban J connectivity index is 1.47. The van der Waals surface area contributed by atoms with E-state index in [2.05, 4.69) is 15.5 Å². The largest absolute Gasteiger partial charge is 0.355 e. The summed E-state index contributed by atoms with van der Waals surface area (Å²) in [6, 6.07) is 9.99. The number of carbonyl (C=O) groups excluding carboxylic acids is 1. The van der Waals surface area contributed by atoms with E-state index in [4.69, 9.17) is 0 Å². The van der Waals surface area contributed by atoms with Crippen LogP contribution in [0.3, 0.4) is 0 Å². The summed E-state index contributed by atoms with van der Waals surface area (Å²) in [6.07, 6.45) is 1.38. The molecule has 1 atom stereocenters. The highest BCUT2D eigenvalue weighted by Crippen LogP contribution is 2.29. The third-order valence-corrected chi connectivity index (χ3v) is 7.17. The molecule has 1 saturated heterocycles. The summed E-state index contributed by atoms with van der Waals surface area (Å²) in [6.45, 7) is 0.591. The van der Waals surface area contributed by atoms with Crippen molar-refractivity contribution < 1.29 is 13.2 Å². The lowest BCUT2D eigenvalue weighted by atomic mass is 10.1. The first-order chi connectivity index (χ1) is 12.4. The summed E-state index contributed by atoms with van der Waals surface area (Å²) in [5, 5.41) is 11.8. The lowest BCUT2D eigenvalue weighted by Crippen LogP contribution is -2.27. The van der Waals surface area contributed by atoms with E-state index in [-0.39, 0.29) is 29.1 Å². The van der Waals surface area contributed by atoms with Gasteiger partial charge in [-0.2, -0.15) is 0 Å². The van der Waals surface area contributed by atoms with E-state index in [1.165, 1.54) is 17.3 Å². The molecule has 2 heterocycles. The molecule has 26 heavy (non-hydrogen) atoms. The van der Waals surface area contributed by atoms with Crippen LogP contribution in [0.4, 0.5) is 0 Å². The quantitative estimate of drug-likeness (QED) is 0.709. The predicted octanol–water partition coefficient (Wildman–Crippen LogP) is 1.17. The van der Waals surface area contributed by atoms with Crippen LogP contribution in [0, 0.1) is 0 Å². The van der Waals surface area contributed by atoms with Gasteiger partial charge in [-0.3, -0.25) is 4.79 Å². The van der Waals surface area contributed by atoms with Crippen LogP contribution in [0.1, 0.15) is 23.7 Å². The number of rotatable bonds is 7. The number of nitrogens with one attached hydrogen (secondary N) is 1. The number of hydrogen-bond acceptors (Lipinski definition) is 6. The second-order valence-electron chi connectivity index (χ2n) is 6.37. The maximum absolute atomic E-state index is 12.0. The second kappa shape index (κ2) is 8.22. The number of thioether (sulfide) groups is 1. The van der Waals surface area contributed by atoms with Gasteiger partial charge in [0.05, 0.1) is 17.3 Å². The lowest BCUT2D eigenvalue weighted by molar-refractivity contribution is -0.118. The molecule has 1 aromatic carbocycles. The van der Waals surface area contributed by atoms with Crippen LogP contribution in [0.25, 0.3) is 0 Å². The molecule has 2 aromatic rings. The molecule has 3 rings (SSSR count). The Bertz CT molecular complexity index is 865. The lowest BCUT2D eigenvalue weighted by Gasteiger charge is -2.08. The molecule has 0 radical (unpaired) electrons. The van der Waals surface area contributed by atoms with Crippen molar-refractivity contribution in [1.29, 1.82) is 0 Å². The molecule has 0 bridgehead atoms. The van der Waals surface area contributed by atoms with Gasteiger partial charge in [0.1, 0.15) is 5.82 Å². The van der Waals surface area contributed by atoms with Crippen LogP contribution in [0.15, 0.2) is 35.5 Å². The fraction of sp³-hybridized carbons (Fsp3) is 0.471. The molecule has 1 amide bonds. The predicted molar refractivity (Wildman–Crippen MR) is 101 cm³/mol. The van der Waals surface area contributed by atoms with Crippen LogP contribution in [-0.4, -0.2) is 52.9 Å². The number of amides is 1. The Morgan fingerprint density at radius 2 is 2.08 bits per heavy atom. The summed E-state index contributed by atoms with van der Waals surface area (Å²) in [7, 11) is -1.15. The maximum Gasteiger partial charge on any atom is 0.230 e. The number of nitrogens with zero attached hydrogens (tertiary/aromatic N) is 3. The highest BCUT2D eigenvalue weighted by molar-refractivity contribution is 7.99. The van der Waals surface area contributed by atoms with Gasteiger partial charge in [-0.05, 0) is 18.4 Å². The third-order valence-electron chi connectivity index (χ3n) is 4.38. The highest BCUT2D eigenvalue weighted by atomic mass is 32.2. The van der Waals surface area contributed by atoms with Crippen molar-refractivity contribution in [3.8, 4) is 0 Å². The minimum atomic E-state index is -2.96. The van der Waals surface area contributed by atoms with Crippen LogP contribution >= 0.6 is 11.8 Å². The summed E-state index contributed by atoms with van der Waals surface area (Å²) in [4.78, 5) is 12.0. The minimum absolute atomic E-state index is 0.0566. The second-order valence-corrected chi connectivity index (χ2v) is 9.55. The summed E-state index contributed by atoms with van der Waals surface area (Å²) >= 11 is 1.31. The van der Waals surface area contributed by atoms with Crippen LogP contribution in [-0.2, 0) is 28.1 Å². The van der Waals surface area contributed by atoms with Crippen molar-refractivity contribution in [2.75, 3.05) is 23.8 Å². The Kier molecular flexibility index (Phi) is 5.98. The number of benzene rings is 1. The van der Waals surface area contributed by atoms with E-state index in [0.29, 0.717) is 23.9 Å². The van der Waals surface area contributed by atoms with Crippen molar-refractivity contribution in [3.05, 3.63) is 41.7 Å². The van der Waals surface area contributed by atoms with Gasteiger partial charge in [-0.1, -0.05) is 42.1 Å². The fourth-order valence-electron chi connectivity index (χ4n) is 2.98. The van der Waals surface area contributed by atoms with Gasteiger partial charge in [0.25, 0.3) is 0 Å². The Morgan fingerprint density at radius 1 is 1.31 bits per heavy atom. The molecule has 7 nitrogen and oxygen atoms in total. The summed E-state index contributed by atoms with van der Waals surface area (Å²) < 4.78 is 25.1. The zero-order valence-electron chi connectivity index (χ0n) is 14.6. The molecule has 1 fully saturated rings. The molecule has 1 aliphatic rings. The summed E-state index contributed by atoms with van der Waals surface area (Å²) in [5.41, 5.74) is 1.19. The first-order valence-corrected chi connectivity index (χ1v) is 11.3. The number of aromatic nitrogens is 3. The molecule has 9 heteroatoms. The highest BCUT2D eigenvalue weighted by Gasteiger charge is 2.32. The fourth-order valence-corrected chi connectivity index (χ4v) is 5.47. The molecule has 1 N–H and O–H groups in total. The van der Waals surface area contributed by atoms with Gasteiger partial charge in [0.2, 0.25) is 5.91 Å². The zero-order chi connectivity index (χ0) is 18.6. The van der Waals surface area contributed by atoms with Gasteiger partial charge in [-0.25, -0.2) is 8.42 Å². The molecule has 0 saturated carbocycles. The van der Waals surface area contributed by atoms with E-state index in [1.807, 2.05) is 37.4 Å². The van der Waals surface area contributed by atoms with E-state index < -0.39 is 9.84 Å². The molecule has 0 unspecified atom stereocenters. The normalized spacial score (nSPS) is 18.7. The average Bonchev–Trinajstić information content (AvgIpc) is 3.16. The van der Waals surface area contributed by atoms with E-state index in [0.717, 1.165) is 6.42 Å². The Hall–Kier alpha value is -1.87. The monoisotopic (exact) mass is 394 g/mol. The van der Waals surface area contributed by atoms with Crippen molar-refractivity contribution in [3.63, 3.8) is 0 Å². The van der Waals surface area contributed by atoms with Crippen molar-refractivity contribution in [2.45, 2.75) is 23.9 Å². The smallest absolute Gasteiger partial charge is 0.230 e. The van der Waals surface area contributed by atoms with Gasteiger partial charge in [0.15, 0.2) is 15.0 Å². The molecule has 1 aliphatic heterocycles. The first kappa shape index (κ1) is 18.9.